The predicted octanol–water partition coefficient (Wildman–Crippen LogP) is 2.44. The molecule has 4 heteroatoms. The van der Waals surface area contributed by atoms with Crippen LogP contribution < -0.4 is 0 Å². The van der Waals surface area contributed by atoms with Crippen molar-refractivity contribution in [2.75, 3.05) is 20.3 Å². The Labute approximate surface area is 119 Å². The van der Waals surface area contributed by atoms with E-state index in [2.05, 4.69) is 0 Å². The lowest BCUT2D eigenvalue weighted by molar-refractivity contribution is -0.182. The summed E-state index contributed by atoms with van der Waals surface area (Å²) in [6.45, 7) is 1.40. The van der Waals surface area contributed by atoms with Gasteiger partial charge in [-0.05, 0) is 25.0 Å². The third-order valence-corrected chi connectivity index (χ3v) is 4.42. The van der Waals surface area contributed by atoms with Gasteiger partial charge in [-0.15, -0.1) is 0 Å². The van der Waals surface area contributed by atoms with Crippen LogP contribution in [0.1, 0.15) is 36.0 Å². The van der Waals surface area contributed by atoms with E-state index in [0.717, 1.165) is 31.2 Å². The quantitative estimate of drug-likeness (QED) is 0.832. The first-order valence-electron chi connectivity index (χ1n) is 7.30. The molecule has 1 aromatic rings. The molecule has 0 aromatic heterocycles. The summed E-state index contributed by atoms with van der Waals surface area (Å²) in [7, 11) is 1.90. The molecule has 4 nitrogen and oxygen atoms in total. The number of rotatable bonds is 2. The van der Waals surface area contributed by atoms with E-state index < -0.39 is 0 Å². The molecule has 1 aliphatic heterocycles. The Morgan fingerprint density at radius 3 is 2.35 bits per heavy atom. The van der Waals surface area contributed by atoms with Crippen molar-refractivity contribution in [2.45, 2.75) is 37.5 Å². The summed E-state index contributed by atoms with van der Waals surface area (Å²) in [5.74, 6) is -0.257. The van der Waals surface area contributed by atoms with Gasteiger partial charge in [0, 0.05) is 31.5 Å². The van der Waals surface area contributed by atoms with Crippen molar-refractivity contribution in [3.05, 3.63) is 35.9 Å². The third kappa shape index (κ3) is 2.58. The van der Waals surface area contributed by atoms with Gasteiger partial charge in [-0.1, -0.05) is 18.2 Å². The van der Waals surface area contributed by atoms with Gasteiger partial charge in [0.15, 0.2) is 5.79 Å². The second-order valence-corrected chi connectivity index (χ2v) is 5.62. The van der Waals surface area contributed by atoms with Gasteiger partial charge in [0.1, 0.15) is 0 Å². The molecular weight excluding hydrogens is 254 g/mol. The Bertz CT molecular complexity index is 458. The molecule has 0 atom stereocenters. The first-order valence-corrected chi connectivity index (χ1v) is 7.30. The normalized spacial score (nSPS) is 22.1. The standard InChI is InChI=1S/C16H21NO3/c1-17(15(18)13-5-3-2-4-6-13)14-7-9-16(10-8-14)19-11-12-20-16/h2-6,14H,7-12H2,1H3. The average Bonchev–Trinajstić information content (AvgIpc) is 2.96. The van der Waals surface area contributed by atoms with Crippen LogP contribution in [0.4, 0.5) is 0 Å². The molecule has 1 aliphatic carbocycles. The van der Waals surface area contributed by atoms with Crippen molar-refractivity contribution in [1.29, 1.82) is 0 Å². The summed E-state index contributed by atoms with van der Waals surface area (Å²) in [6.07, 6.45) is 3.64. The lowest BCUT2D eigenvalue weighted by Crippen LogP contribution is -2.44. The molecule has 1 spiro atoms. The highest BCUT2D eigenvalue weighted by Gasteiger charge is 2.41. The second kappa shape index (κ2) is 5.54. The van der Waals surface area contributed by atoms with Gasteiger partial charge >= 0.3 is 0 Å². The summed E-state index contributed by atoms with van der Waals surface area (Å²) < 4.78 is 11.5. The fraction of sp³-hybridized carbons (Fsp3) is 0.562. The Morgan fingerprint density at radius 2 is 1.75 bits per heavy atom. The number of carbonyl (C=O) groups is 1. The average molecular weight is 275 g/mol. The maximum absolute atomic E-state index is 12.4. The van der Waals surface area contributed by atoms with Gasteiger partial charge in [0.05, 0.1) is 13.2 Å². The van der Waals surface area contributed by atoms with Gasteiger partial charge in [-0.3, -0.25) is 4.79 Å². The molecule has 1 saturated carbocycles. The first kappa shape index (κ1) is 13.6. The molecule has 1 saturated heterocycles. The lowest BCUT2D eigenvalue weighted by atomic mass is 9.89. The Hall–Kier alpha value is -1.39. The van der Waals surface area contributed by atoms with Gasteiger partial charge in [0.2, 0.25) is 0 Å². The van der Waals surface area contributed by atoms with E-state index >= 15 is 0 Å². The zero-order valence-corrected chi connectivity index (χ0v) is 11.9. The SMILES string of the molecule is CN(C(=O)c1ccccc1)C1CCC2(CC1)OCCO2. The summed E-state index contributed by atoms with van der Waals surface area (Å²) >= 11 is 0. The number of ether oxygens (including phenoxy) is 2. The smallest absolute Gasteiger partial charge is 0.253 e. The van der Waals surface area contributed by atoms with Gasteiger partial charge in [-0.25, -0.2) is 0 Å². The topological polar surface area (TPSA) is 38.8 Å². The van der Waals surface area contributed by atoms with Crippen LogP contribution in [0, 0.1) is 0 Å². The number of benzene rings is 1. The molecule has 2 fully saturated rings. The van der Waals surface area contributed by atoms with E-state index in [-0.39, 0.29) is 17.7 Å². The number of hydrogen-bond acceptors (Lipinski definition) is 3. The molecule has 0 bridgehead atoms. The van der Waals surface area contributed by atoms with Gasteiger partial charge < -0.3 is 14.4 Å². The van der Waals surface area contributed by atoms with Crippen molar-refractivity contribution in [3.63, 3.8) is 0 Å². The number of amides is 1. The van der Waals surface area contributed by atoms with Crippen LogP contribution >= 0.6 is 0 Å². The fourth-order valence-electron chi connectivity index (χ4n) is 3.17. The monoisotopic (exact) mass is 275 g/mol. The lowest BCUT2D eigenvalue weighted by Gasteiger charge is -2.39. The predicted molar refractivity (Wildman–Crippen MR) is 75.4 cm³/mol. The van der Waals surface area contributed by atoms with Crippen molar-refractivity contribution >= 4 is 5.91 Å². The maximum Gasteiger partial charge on any atom is 0.253 e. The minimum atomic E-state index is -0.354. The van der Waals surface area contributed by atoms with Crippen molar-refractivity contribution in [1.82, 2.24) is 4.90 Å². The van der Waals surface area contributed by atoms with Crippen LogP contribution in [0.2, 0.25) is 0 Å². The molecule has 0 N–H and O–H groups in total. The molecule has 0 radical (unpaired) electrons. The summed E-state index contributed by atoms with van der Waals surface area (Å²) in [4.78, 5) is 14.3. The number of carbonyl (C=O) groups excluding carboxylic acids is 1. The molecular formula is C16H21NO3. The Kier molecular flexibility index (Phi) is 3.76. The van der Waals surface area contributed by atoms with Gasteiger partial charge in [0.25, 0.3) is 5.91 Å². The summed E-state index contributed by atoms with van der Waals surface area (Å²) in [6, 6.07) is 9.74. The van der Waals surface area contributed by atoms with Crippen LogP contribution in [-0.4, -0.2) is 42.9 Å². The maximum atomic E-state index is 12.4. The van der Waals surface area contributed by atoms with Gasteiger partial charge in [-0.2, -0.15) is 0 Å². The summed E-state index contributed by atoms with van der Waals surface area (Å²) in [5, 5.41) is 0. The van der Waals surface area contributed by atoms with Crippen LogP contribution in [-0.2, 0) is 9.47 Å². The zero-order valence-electron chi connectivity index (χ0n) is 11.9. The van der Waals surface area contributed by atoms with Crippen LogP contribution in [0.25, 0.3) is 0 Å². The number of hydrogen-bond donors (Lipinski definition) is 0. The van der Waals surface area contributed by atoms with E-state index in [1.807, 2.05) is 42.3 Å². The molecule has 1 amide bonds. The Morgan fingerprint density at radius 1 is 1.15 bits per heavy atom. The fourth-order valence-corrected chi connectivity index (χ4v) is 3.17. The van der Waals surface area contributed by atoms with Crippen LogP contribution in [0.5, 0.6) is 0 Å². The van der Waals surface area contributed by atoms with Crippen LogP contribution in [0.15, 0.2) is 30.3 Å². The van der Waals surface area contributed by atoms with Crippen molar-refractivity contribution in [3.8, 4) is 0 Å². The van der Waals surface area contributed by atoms with E-state index in [0.29, 0.717) is 13.2 Å². The van der Waals surface area contributed by atoms with Crippen LogP contribution in [0.3, 0.4) is 0 Å². The highest BCUT2D eigenvalue weighted by molar-refractivity contribution is 5.94. The molecule has 1 aromatic carbocycles. The van der Waals surface area contributed by atoms with E-state index in [1.54, 1.807) is 0 Å². The highest BCUT2D eigenvalue weighted by atomic mass is 16.7. The highest BCUT2D eigenvalue weighted by Crippen LogP contribution is 2.37. The number of nitrogens with zero attached hydrogens (tertiary/aromatic N) is 1. The van der Waals surface area contributed by atoms with Crippen molar-refractivity contribution < 1.29 is 14.3 Å². The minimum Gasteiger partial charge on any atom is -0.348 e. The second-order valence-electron chi connectivity index (χ2n) is 5.62. The molecule has 20 heavy (non-hydrogen) atoms. The van der Waals surface area contributed by atoms with E-state index in [4.69, 9.17) is 9.47 Å². The Balaban J connectivity index is 1.61. The first-order chi connectivity index (χ1) is 9.70. The van der Waals surface area contributed by atoms with E-state index in [9.17, 15) is 4.79 Å². The molecule has 0 unspecified atom stereocenters. The molecule has 2 aliphatic rings. The molecule has 3 rings (SSSR count). The largest absolute Gasteiger partial charge is 0.348 e. The summed E-state index contributed by atoms with van der Waals surface area (Å²) in [5.41, 5.74) is 0.753. The van der Waals surface area contributed by atoms with E-state index in [1.165, 1.54) is 0 Å². The third-order valence-electron chi connectivity index (χ3n) is 4.42. The molecule has 1 heterocycles. The molecule has 108 valence electrons. The zero-order chi connectivity index (χ0) is 14.0. The van der Waals surface area contributed by atoms with Crippen molar-refractivity contribution in [2.24, 2.45) is 0 Å². The minimum absolute atomic E-state index is 0.0970.